The van der Waals surface area contributed by atoms with Crippen molar-refractivity contribution in [2.24, 2.45) is 9.98 Å². The standard InChI is InChI=1S/C48H44N4P2/c1-35-19-17-20-36(2)45(35)51-47(53(41-23-9-5-10-24-41)42-25-11-6-12-26-42)49-39-31-33-40(34-32-39)50-48(52-46-37(3)21-18-22-38(46)4)54(43-27-13-7-14-28-43)44-29-15-8-16-30-44/h5-34H,1-4H3,(H,49,51)(H,50,52). The zero-order valence-corrected chi connectivity index (χ0v) is 32.9. The fourth-order valence-electron chi connectivity index (χ4n) is 6.46. The van der Waals surface area contributed by atoms with Gasteiger partial charge in [0.25, 0.3) is 0 Å². The molecule has 0 unspecified atom stereocenters. The Hall–Kier alpha value is -5.66. The van der Waals surface area contributed by atoms with Crippen molar-refractivity contribution in [2.45, 2.75) is 27.7 Å². The van der Waals surface area contributed by atoms with Crippen molar-refractivity contribution in [3.63, 3.8) is 0 Å². The molecular weight excluding hydrogens is 695 g/mol. The summed E-state index contributed by atoms with van der Waals surface area (Å²) in [6.07, 6.45) is 0. The molecule has 0 saturated heterocycles. The second-order valence-electron chi connectivity index (χ2n) is 13.2. The SMILES string of the molecule is Cc1cccc(C)c1N/C(=N\c1ccc(/N=C(\Nc2c(C)cccc2C)P(c2ccccc2)c2ccccc2)cc1)P(c1ccccc1)c1ccccc1. The molecule has 0 saturated carbocycles. The topological polar surface area (TPSA) is 48.8 Å². The molecule has 7 rings (SSSR count). The molecule has 0 atom stereocenters. The minimum Gasteiger partial charge on any atom is -0.339 e. The Kier molecular flexibility index (Phi) is 11.9. The van der Waals surface area contributed by atoms with Gasteiger partial charge >= 0.3 is 0 Å². The zero-order valence-electron chi connectivity index (χ0n) is 31.1. The largest absolute Gasteiger partial charge is 0.339 e. The van der Waals surface area contributed by atoms with Crippen LogP contribution in [0.4, 0.5) is 22.7 Å². The van der Waals surface area contributed by atoms with Crippen LogP contribution < -0.4 is 31.9 Å². The zero-order chi connectivity index (χ0) is 37.3. The minimum atomic E-state index is -0.999. The first-order valence-corrected chi connectivity index (χ1v) is 20.9. The molecule has 54 heavy (non-hydrogen) atoms. The number of anilines is 2. The van der Waals surface area contributed by atoms with Crippen molar-refractivity contribution in [3.05, 3.63) is 204 Å². The lowest BCUT2D eigenvalue weighted by Crippen LogP contribution is -2.24. The number of hydrogen-bond acceptors (Lipinski definition) is 2. The normalized spacial score (nSPS) is 11.9. The van der Waals surface area contributed by atoms with Crippen LogP contribution in [0, 0.1) is 27.7 Å². The van der Waals surface area contributed by atoms with Crippen LogP contribution in [-0.4, -0.2) is 11.2 Å². The van der Waals surface area contributed by atoms with E-state index >= 15 is 0 Å². The molecule has 266 valence electrons. The third kappa shape index (κ3) is 8.75. The first-order valence-electron chi connectivity index (χ1n) is 18.2. The molecule has 0 fully saturated rings. The van der Waals surface area contributed by atoms with E-state index in [-0.39, 0.29) is 0 Å². The Bertz CT molecular complexity index is 2070. The van der Waals surface area contributed by atoms with E-state index in [0.29, 0.717) is 0 Å². The Balaban J connectivity index is 1.34. The van der Waals surface area contributed by atoms with Crippen LogP contribution in [0.5, 0.6) is 0 Å². The van der Waals surface area contributed by atoms with E-state index in [1.54, 1.807) is 0 Å². The van der Waals surface area contributed by atoms with Crippen LogP contribution in [0.3, 0.4) is 0 Å². The van der Waals surface area contributed by atoms with Gasteiger partial charge in [0.15, 0.2) is 0 Å². The highest BCUT2D eigenvalue weighted by atomic mass is 31.1. The number of aliphatic imine (C=N–C) groups is 2. The highest BCUT2D eigenvalue weighted by Crippen LogP contribution is 2.41. The summed E-state index contributed by atoms with van der Waals surface area (Å²) in [7, 11) is -2.00. The number of benzene rings is 7. The molecule has 4 nitrogen and oxygen atoms in total. The second-order valence-corrected chi connectivity index (χ2v) is 17.4. The van der Waals surface area contributed by atoms with Crippen molar-refractivity contribution in [1.29, 1.82) is 0 Å². The maximum Gasteiger partial charge on any atom is 0.138 e. The summed E-state index contributed by atoms with van der Waals surface area (Å²) in [5.41, 5.74) is 10.5. The number of rotatable bonds is 10. The molecule has 0 aliphatic rings. The van der Waals surface area contributed by atoms with Gasteiger partial charge in [0.2, 0.25) is 0 Å². The summed E-state index contributed by atoms with van der Waals surface area (Å²) in [6.45, 7) is 8.60. The highest BCUT2D eigenvalue weighted by molar-refractivity contribution is 7.88. The molecule has 0 spiro atoms. The summed E-state index contributed by atoms with van der Waals surface area (Å²) >= 11 is 0. The number of hydrogen-bond donors (Lipinski definition) is 2. The number of nitrogens with one attached hydrogen (secondary N) is 2. The number of aryl methyl sites for hydroxylation is 4. The highest BCUT2D eigenvalue weighted by Gasteiger charge is 2.24. The molecule has 7 aromatic rings. The van der Waals surface area contributed by atoms with Gasteiger partial charge < -0.3 is 10.6 Å². The quantitative estimate of drug-likeness (QED) is 0.0834. The maximum atomic E-state index is 5.40. The Labute approximate surface area is 322 Å². The Morgan fingerprint density at radius 3 is 0.852 bits per heavy atom. The third-order valence-corrected chi connectivity index (χ3v) is 13.8. The van der Waals surface area contributed by atoms with Gasteiger partial charge in [-0.2, -0.15) is 0 Å². The average Bonchev–Trinajstić information content (AvgIpc) is 3.20. The summed E-state index contributed by atoms with van der Waals surface area (Å²) in [4.78, 5) is 10.8. The van der Waals surface area contributed by atoms with Crippen LogP contribution in [0.25, 0.3) is 0 Å². The second kappa shape index (κ2) is 17.4. The average molecular weight is 739 g/mol. The molecule has 0 aliphatic heterocycles. The summed E-state index contributed by atoms with van der Waals surface area (Å²) in [6, 6.07) is 64.0. The molecule has 0 heterocycles. The Morgan fingerprint density at radius 2 is 0.593 bits per heavy atom. The predicted molar refractivity (Wildman–Crippen MR) is 238 cm³/mol. The van der Waals surface area contributed by atoms with Crippen LogP contribution in [0.2, 0.25) is 0 Å². The number of amidine groups is 2. The molecular formula is C48H44N4P2. The lowest BCUT2D eigenvalue weighted by atomic mass is 10.1. The molecule has 0 amide bonds. The lowest BCUT2D eigenvalue weighted by Gasteiger charge is -2.24. The molecule has 0 aromatic heterocycles. The van der Waals surface area contributed by atoms with Gasteiger partial charge in [-0.15, -0.1) is 0 Å². The van der Waals surface area contributed by atoms with Gasteiger partial charge in [0.05, 0.1) is 11.4 Å². The van der Waals surface area contributed by atoms with E-state index in [4.69, 9.17) is 9.98 Å². The van der Waals surface area contributed by atoms with Crippen molar-refractivity contribution in [1.82, 2.24) is 0 Å². The van der Waals surface area contributed by atoms with Gasteiger partial charge in [-0.3, -0.25) is 0 Å². The van der Waals surface area contributed by atoms with E-state index in [2.05, 4.69) is 220 Å². The van der Waals surface area contributed by atoms with Gasteiger partial charge in [0.1, 0.15) is 11.2 Å². The lowest BCUT2D eigenvalue weighted by molar-refractivity contribution is 1.37. The predicted octanol–water partition coefficient (Wildman–Crippen LogP) is 11.4. The molecule has 0 bridgehead atoms. The molecule has 6 heteroatoms. The minimum absolute atomic E-state index is 0.861. The molecule has 7 aromatic carbocycles. The van der Waals surface area contributed by atoms with Gasteiger partial charge in [-0.25, -0.2) is 9.98 Å². The monoisotopic (exact) mass is 738 g/mol. The van der Waals surface area contributed by atoms with Gasteiger partial charge in [-0.1, -0.05) is 158 Å². The van der Waals surface area contributed by atoms with Crippen molar-refractivity contribution < 1.29 is 0 Å². The first-order chi connectivity index (χ1) is 26.4. The van der Waals surface area contributed by atoms with E-state index in [0.717, 1.165) is 33.9 Å². The summed E-state index contributed by atoms with van der Waals surface area (Å²) < 4.78 is 0. The molecule has 2 N–H and O–H groups in total. The summed E-state index contributed by atoms with van der Waals surface area (Å²) in [5, 5.41) is 12.6. The fourth-order valence-corrected chi connectivity index (χ4v) is 10.8. The number of para-hydroxylation sites is 2. The third-order valence-electron chi connectivity index (χ3n) is 9.24. The molecule has 0 aliphatic carbocycles. The van der Waals surface area contributed by atoms with E-state index in [9.17, 15) is 0 Å². The van der Waals surface area contributed by atoms with Crippen molar-refractivity contribution >= 4 is 71.0 Å². The summed E-state index contributed by atoms with van der Waals surface area (Å²) in [5.74, 6) is 0. The van der Waals surface area contributed by atoms with E-state index < -0.39 is 15.8 Å². The number of nitrogens with zero attached hydrogens (tertiary/aromatic N) is 2. The van der Waals surface area contributed by atoms with Gasteiger partial charge in [0, 0.05) is 27.2 Å². The first kappa shape index (κ1) is 36.7. The van der Waals surface area contributed by atoms with E-state index in [1.165, 1.54) is 43.5 Å². The maximum absolute atomic E-state index is 5.40. The van der Waals surface area contributed by atoms with Gasteiger partial charge in [-0.05, 0) is 95.4 Å². The van der Waals surface area contributed by atoms with E-state index in [1.807, 2.05) is 0 Å². The van der Waals surface area contributed by atoms with Crippen molar-refractivity contribution in [3.8, 4) is 0 Å². The van der Waals surface area contributed by atoms with Crippen LogP contribution in [0.15, 0.2) is 192 Å². The van der Waals surface area contributed by atoms with Crippen LogP contribution in [0.1, 0.15) is 22.3 Å². The Morgan fingerprint density at radius 1 is 0.333 bits per heavy atom. The van der Waals surface area contributed by atoms with Crippen molar-refractivity contribution in [2.75, 3.05) is 10.6 Å². The molecule has 0 radical (unpaired) electrons. The van der Waals surface area contributed by atoms with Crippen LogP contribution >= 0.6 is 15.8 Å². The van der Waals surface area contributed by atoms with Crippen LogP contribution in [-0.2, 0) is 0 Å². The fraction of sp³-hybridized carbons (Fsp3) is 0.0833. The smallest absolute Gasteiger partial charge is 0.138 e.